The van der Waals surface area contributed by atoms with E-state index in [0.29, 0.717) is 22.8 Å². The second-order valence-electron chi connectivity index (χ2n) is 6.64. The summed E-state index contributed by atoms with van der Waals surface area (Å²) in [5, 5.41) is 23.8. The number of ether oxygens (including phenoxy) is 1. The summed E-state index contributed by atoms with van der Waals surface area (Å²) in [6, 6.07) is 21.5. The van der Waals surface area contributed by atoms with Crippen LogP contribution in [0.2, 0.25) is 0 Å². The minimum Gasteiger partial charge on any atom is -0.475 e. The quantitative estimate of drug-likeness (QED) is 0.213. The zero-order chi connectivity index (χ0) is 22.7. The van der Waals surface area contributed by atoms with Gasteiger partial charge in [-0.2, -0.15) is 0 Å². The average Bonchev–Trinajstić information content (AvgIpc) is 3.26. The molecule has 0 amide bonds. The molecule has 1 heterocycles. The molecule has 0 aliphatic rings. The van der Waals surface area contributed by atoms with Crippen molar-refractivity contribution < 1.29 is 24.0 Å². The normalized spacial score (nSPS) is 10.5. The lowest BCUT2D eigenvalue weighted by atomic mass is 10.1. The second kappa shape index (κ2) is 8.94. The van der Waals surface area contributed by atoms with E-state index in [-0.39, 0.29) is 17.2 Å². The molecule has 3 aromatic carbocycles. The van der Waals surface area contributed by atoms with E-state index in [9.17, 15) is 20.0 Å². The summed E-state index contributed by atoms with van der Waals surface area (Å²) in [6.45, 7) is 0. The van der Waals surface area contributed by atoms with Gasteiger partial charge in [-0.15, -0.1) is 0 Å². The molecule has 0 atom stereocenters. The number of nitrogens with zero attached hydrogens (tertiary/aromatic N) is 1. The van der Waals surface area contributed by atoms with Crippen molar-refractivity contribution in [1.29, 1.82) is 0 Å². The van der Waals surface area contributed by atoms with Crippen LogP contribution < -0.4 is 10.1 Å². The number of aromatic carboxylic acids is 1. The van der Waals surface area contributed by atoms with Crippen molar-refractivity contribution in [2.45, 2.75) is 0 Å². The molecule has 0 saturated heterocycles. The molecule has 1 aromatic heterocycles. The minimum absolute atomic E-state index is 0.0850. The van der Waals surface area contributed by atoms with Crippen molar-refractivity contribution in [3.8, 4) is 22.8 Å². The Labute approximate surface area is 190 Å². The van der Waals surface area contributed by atoms with Gasteiger partial charge in [-0.05, 0) is 54.6 Å². The van der Waals surface area contributed by atoms with Crippen LogP contribution in [0.4, 0.5) is 17.1 Å². The molecule has 0 radical (unpaired) electrons. The Bertz CT molecular complexity index is 1320. The Morgan fingerprint density at radius 1 is 1.03 bits per heavy atom. The number of benzene rings is 3. The van der Waals surface area contributed by atoms with Gasteiger partial charge in [0, 0.05) is 27.5 Å². The topological polar surface area (TPSA) is 115 Å². The van der Waals surface area contributed by atoms with Gasteiger partial charge in [-0.1, -0.05) is 34.1 Å². The van der Waals surface area contributed by atoms with Crippen LogP contribution in [0.1, 0.15) is 10.6 Å². The first-order valence-corrected chi connectivity index (χ1v) is 10.1. The molecule has 0 aliphatic heterocycles. The summed E-state index contributed by atoms with van der Waals surface area (Å²) in [5.41, 5.74) is 1.77. The van der Waals surface area contributed by atoms with Crippen molar-refractivity contribution in [2.24, 2.45) is 0 Å². The van der Waals surface area contributed by atoms with E-state index in [1.165, 1.54) is 18.2 Å². The lowest BCUT2D eigenvalue weighted by Crippen LogP contribution is -1.96. The second-order valence-corrected chi connectivity index (χ2v) is 7.55. The molecule has 0 fully saturated rings. The third-order valence-corrected chi connectivity index (χ3v) is 4.96. The third kappa shape index (κ3) is 4.62. The molecule has 0 aliphatic carbocycles. The molecule has 0 spiro atoms. The Balaban J connectivity index is 1.76. The van der Waals surface area contributed by atoms with Crippen LogP contribution >= 0.6 is 15.9 Å². The van der Waals surface area contributed by atoms with Gasteiger partial charge in [0.2, 0.25) is 11.5 Å². The number of halogens is 1. The van der Waals surface area contributed by atoms with Crippen LogP contribution in [0.25, 0.3) is 11.3 Å². The van der Waals surface area contributed by atoms with Gasteiger partial charge in [-0.25, -0.2) is 4.79 Å². The minimum atomic E-state index is -1.19. The number of anilines is 2. The van der Waals surface area contributed by atoms with E-state index in [4.69, 9.17) is 9.15 Å². The number of nitro groups is 1. The van der Waals surface area contributed by atoms with Crippen molar-refractivity contribution in [3.05, 3.63) is 99.2 Å². The first-order chi connectivity index (χ1) is 15.4. The molecule has 2 N–H and O–H groups in total. The van der Waals surface area contributed by atoms with Crippen molar-refractivity contribution >= 4 is 39.0 Å². The standard InChI is InChI=1S/C23H15BrN2O6/c24-14-4-3-5-15(12-14)25-18-9-8-16(31-21-7-2-1-6-19(21)26(29)30)13-17(18)20-10-11-22(32-20)23(27)28/h1-13,25H,(H,27,28). The summed E-state index contributed by atoms with van der Waals surface area (Å²) in [6.07, 6.45) is 0. The summed E-state index contributed by atoms with van der Waals surface area (Å²) < 4.78 is 12.1. The van der Waals surface area contributed by atoms with Crippen LogP contribution in [0.15, 0.2) is 87.8 Å². The monoisotopic (exact) mass is 494 g/mol. The number of para-hydroxylation sites is 2. The van der Waals surface area contributed by atoms with E-state index >= 15 is 0 Å². The van der Waals surface area contributed by atoms with Crippen LogP contribution in [-0.4, -0.2) is 16.0 Å². The van der Waals surface area contributed by atoms with E-state index < -0.39 is 10.9 Å². The Morgan fingerprint density at radius 3 is 2.56 bits per heavy atom. The van der Waals surface area contributed by atoms with Crippen LogP contribution in [0, 0.1) is 10.1 Å². The van der Waals surface area contributed by atoms with Gasteiger partial charge in [-0.3, -0.25) is 10.1 Å². The lowest BCUT2D eigenvalue weighted by molar-refractivity contribution is -0.385. The Hall–Kier alpha value is -4.11. The van der Waals surface area contributed by atoms with Gasteiger partial charge in [0.25, 0.3) is 0 Å². The molecular formula is C23H15BrN2O6. The van der Waals surface area contributed by atoms with Crippen molar-refractivity contribution in [3.63, 3.8) is 0 Å². The summed E-state index contributed by atoms with van der Waals surface area (Å²) >= 11 is 3.43. The molecule has 0 unspecified atom stereocenters. The van der Waals surface area contributed by atoms with E-state index in [1.54, 1.807) is 36.4 Å². The van der Waals surface area contributed by atoms with E-state index in [0.717, 1.165) is 10.2 Å². The largest absolute Gasteiger partial charge is 0.475 e. The molecule has 4 aromatic rings. The zero-order valence-electron chi connectivity index (χ0n) is 16.3. The predicted molar refractivity (Wildman–Crippen MR) is 122 cm³/mol. The molecule has 0 bridgehead atoms. The number of rotatable bonds is 7. The molecule has 9 heteroatoms. The molecule has 160 valence electrons. The maximum Gasteiger partial charge on any atom is 0.371 e. The van der Waals surface area contributed by atoms with E-state index in [2.05, 4.69) is 21.2 Å². The zero-order valence-corrected chi connectivity index (χ0v) is 17.9. The van der Waals surface area contributed by atoms with Gasteiger partial charge in [0.1, 0.15) is 11.5 Å². The number of hydrogen-bond donors (Lipinski definition) is 2. The maximum absolute atomic E-state index is 11.3. The van der Waals surface area contributed by atoms with Gasteiger partial charge in [0.15, 0.2) is 0 Å². The van der Waals surface area contributed by atoms with Crippen LogP contribution in [-0.2, 0) is 0 Å². The number of hydrogen-bond acceptors (Lipinski definition) is 6. The summed E-state index contributed by atoms with van der Waals surface area (Å²) in [7, 11) is 0. The smallest absolute Gasteiger partial charge is 0.371 e. The Morgan fingerprint density at radius 2 is 1.84 bits per heavy atom. The van der Waals surface area contributed by atoms with Gasteiger partial charge >= 0.3 is 11.7 Å². The highest BCUT2D eigenvalue weighted by atomic mass is 79.9. The SMILES string of the molecule is O=C(O)c1ccc(-c2cc(Oc3ccccc3[N+](=O)[O-])ccc2Nc2cccc(Br)c2)o1. The molecular weight excluding hydrogens is 480 g/mol. The van der Waals surface area contributed by atoms with Gasteiger partial charge in [0.05, 0.1) is 4.92 Å². The molecule has 32 heavy (non-hydrogen) atoms. The number of carboxylic acids is 1. The van der Waals surface area contributed by atoms with Crippen LogP contribution in [0.5, 0.6) is 11.5 Å². The third-order valence-electron chi connectivity index (χ3n) is 4.47. The van der Waals surface area contributed by atoms with Crippen molar-refractivity contribution in [1.82, 2.24) is 0 Å². The highest BCUT2D eigenvalue weighted by Crippen LogP contribution is 2.38. The van der Waals surface area contributed by atoms with Crippen LogP contribution in [0.3, 0.4) is 0 Å². The maximum atomic E-state index is 11.3. The fraction of sp³-hybridized carbons (Fsp3) is 0. The highest BCUT2D eigenvalue weighted by Gasteiger charge is 2.18. The number of carboxylic acid groups (broad SMARTS) is 1. The number of carbonyl (C=O) groups is 1. The molecule has 8 nitrogen and oxygen atoms in total. The fourth-order valence-corrected chi connectivity index (χ4v) is 3.44. The molecule has 0 saturated carbocycles. The predicted octanol–water partition coefficient (Wildman–Crippen LogP) is 6.85. The molecule has 4 rings (SSSR count). The average molecular weight is 495 g/mol. The van der Waals surface area contributed by atoms with E-state index in [1.807, 2.05) is 24.3 Å². The summed E-state index contributed by atoms with van der Waals surface area (Å²) in [4.78, 5) is 22.0. The Kier molecular flexibility index (Phi) is 5.91. The summed E-state index contributed by atoms with van der Waals surface area (Å²) in [5.74, 6) is -0.694. The first kappa shape index (κ1) is 21.1. The van der Waals surface area contributed by atoms with Gasteiger partial charge < -0.3 is 19.6 Å². The van der Waals surface area contributed by atoms with Crippen molar-refractivity contribution in [2.75, 3.05) is 5.32 Å². The number of furan rings is 1. The first-order valence-electron chi connectivity index (χ1n) is 9.32. The highest BCUT2D eigenvalue weighted by molar-refractivity contribution is 9.10. The lowest BCUT2D eigenvalue weighted by Gasteiger charge is -2.14. The fourth-order valence-electron chi connectivity index (χ4n) is 3.04. The number of nitro benzene ring substituents is 1. The number of nitrogens with one attached hydrogen (secondary N) is 1.